The maximum absolute atomic E-state index is 11.1. The Labute approximate surface area is 136 Å². The predicted octanol–water partition coefficient (Wildman–Crippen LogP) is -0.127. The Balaban J connectivity index is 0.00000180. The number of hydrogen-bond acceptors (Lipinski definition) is 3. The first-order valence-corrected chi connectivity index (χ1v) is 7.38. The minimum atomic E-state index is -4.40. The van der Waals surface area contributed by atoms with Gasteiger partial charge in [-0.3, -0.25) is 0 Å². The van der Waals surface area contributed by atoms with E-state index < -0.39 is 10.1 Å². The van der Waals surface area contributed by atoms with Crippen molar-refractivity contribution in [2.45, 2.75) is 31.6 Å². The quantitative estimate of drug-likeness (QED) is 0.583. The van der Waals surface area contributed by atoms with E-state index in [1.54, 1.807) is 0 Å². The Bertz CT molecular complexity index is 693. The maximum atomic E-state index is 11.1. The zero-order chi connectivity index (χ0) is 13.3. The minimum Gasteiger partial charge on any atom is -0.744 e. The summed E-state index contributed by atoms with van der Waals surface area (Å²) in [6, 6.07) is 8.75. The van der Waals surface area contributed by atoms with Gasteiger partial charge in [-0.2, -0.15) is 0 Å². The first-order chi connectivity index (χ1) is 8.47. The summed E-state index contributed by atoms with van der Waals surface area (Å²) in [5, 5.41) is 1.90. The number of fused-ring (bicyclic) bond motifs is 1. The number of rotatable bonds is 3. The van der Waals surface area contributed by atoms with E-state index in [1.165, 1.54) is 17.7 Å². The van der Waals surface area contributed by atoms with Crippen LogP contribution in [-0.4, -0.2) is 13.0 Å². The molecule has 0 aliphatic carbocycles. The van der Waals surface area contributed by atoms with Gasteiger partial charge in [-0.15, -0.1) is 0 Å². The van der Waals surface area contributed by atoms with Crippen LogP contribution in [-0.2, 0) is 23.0 Å². The van der Waals surface area contributed by atoms with Crippen LogP contribution in [0.5, 0.6) is 0 Å². The van der Waals surface area contributed by atoms with E-state index in [0.717, 1.165) is 22.8 Å². The summed E-state index contributed by atoms with van der Waals surface area (Å²) in [6.45, 7) is 4.02. The maximum Gasteiger partial charge on any atom is 1.00 e. The standard InChI is InChI=1S/C14H16O3S.Na/c1-3-10-6-5-7-12-9-13(18(15,16)17)8-11(4-2)14(10)12;/h5-9H,3-4H2,1-2H3,(H,15,16,17);/q;+1/p-1. The first-order valence-electron chi connectivity index (χ1n) is 5.97. The molecule has 0 saturated heterocycles. The number of benzene rings is 2. The molecule has 0 N–H and O–H groups in total. The van der Waals surface area contributed by atoms with Gasteiger partial charge in [-0.05, 0) is 46.9 Å². The third-order valence-corrected chi connectivity index (χ3v) is 3.98. The van der Waals surface area contributed by atoms with E-state index in [1.807, 2.05) is 25.1 Å². The molecule has 96 valence electrons. The molecule has 2 aromatic carbocycles. The molecule has 0 amide bonds. The van der Waals surface area contributed by atoms with Crippen LogP contribution in [0.4, 0.5) is 0 Å². The van der Waals surface area contributed by atoms with Gasteiger partial charge < -0.3 is 4.55 Å². The molecule has 0 saturated carbocycles. The summed E-state index contributed by atoms with van der Waals surface area (Å²) >= 11 is 0. The van der Waals surface area contributed by atoms with Crippen molar-refractivity contribution >= 4 is 20.9 Å². The predicted molar refractivity (Wildman–Crippen MR) is 70.7 cm³/mol. The Morgan fingerprint density at radius 1 is 1.05 bits per heavy atom. The van der Waals surface area contributed by atoms with Gasteiger partial charge >= 0.3 is 29.6 Å². The van der Waals surface area contributed by atoms with Gasteiger partial charge in [0.15, 0.2) is 0 Å². The second kappa shape index (κ2) is 6.37. The number of aryl methyl sites for hydroxylation is 2. The van der Waals surface area contributed by atoms with Crippen LogP contribution >= 0.6 is 0 Å². The van der Waals surface area contributed by atoms with Gasteiger partial charge in [0.25, 0.3) is 0 Å². The van der Waals surface area contributed by atoms with Gasteiger partial charge in [0.2, 0.25) is 0 Å². The van der Waals surface area contributed by atoms with Crippen LogP contribution in [0.2, 0.25) is 0 Å². The molecule has 2 rings (SSSR count). The summed E-state index contributed by atoms with van der Waals surface area (Å²) in [7, 11) is -4.40. The molecule has 3 nitrogen and oxygen atoms in total. The van der Waals surface area contributed by atoms with E-state index >= 15 is 0 Å². The smallest absolute Gasteiger partial charge is 0.744 e. The third-order valence-electron chi connectivity index (χ3n) is 3.17. The van der Waals surface area contributed by atoms with Crippen LogP contribution in [0.25, 0.3) is 10.8 Å². The molecule has 19 heavy (non-hydrogen) atoms. The van der Waals surface area contributed by atoms with Crippen LogP contribution in [0, 0.1) is 0 Å². The number of hydrogen-bond donors (Lipinski definition) is 0. The molecule has 0 bridgehead atoms. The Morgan fingerprint density at radius 3 is 2.21 bits per heavy atom. The SMILES string of the molecule is CCc1cccc2cc(S(=O)(=O)[O-])cc(CC)c12.[Na+]. The molecular weight excluding hydrogens is 271 g/mol. The molecule has 2 aromatic rings. The molecule has 0 unspecified atom stereocenters. The van der Waals surface area contributed by atoms with Crippen molar-refractivity contribution in [2.75, 3.05) is 0 Å². The second-order valence-corrected chi connectivity index (χ2v) is 5.64. The van der Waals surface area contributed by atoms with E-state index in [4.69, 9.17) is 0 Å². The van der Waals surface area contributed by atoms with Crippen molar-refractivity contribution in [1.82, 2.24) is 0 Å². The van der Waals surface area contributed by atoms with E-state index in [2.05, 4.69) is 6.92 Å². The van der Waals surface area contributed by atoms with Gasteiger partial charge in [-0.25, -0.2) is 8.42 Å². The van der Waals surface area contributed by atoms with Gasteiger partial charge in [0.05, 0.1) is 4.90 Å². The van der Waals surface area contributed by atoms with Crippen LogP contribution in [0.15, 0.2) is 35.2 Å². The van der Waals surface area contributed by atoms with Crippen molar-refractivity contribution < 1.29 is 42.5 Å². The minimum absolute atomic E-state index is 0. The summed E-state index contributed by atoms with van der Waals surface area (Å²) < 4.78 is 33.4. The molecule has 0 heterocycles. The molecule has 0 spiro atoms. The Hall–Kier alpha value is -0.390. The van der Waals surface area contributed by atoms with Crippen LogP contribution < -0.4 is 29.6 Å². The van der Waals surface area contributed by atoms with Gasteiger partial charge in [0.1, 0.15) is 10.1 Å². The molecule has 5 heteroatoms. The zero-order valence-electron chi connectivity index (χ0n) is 11.4. The average Bonchev–Trinajstić information content (AvgIpc) is 2.35. The van der Waals surface area contributed by atoms with E-state index in [-0.39, 0.29) is 34.5 Å². The summed E-state index contributed by atoms with van der Waals surface area (Å²) in [4.78, 5) is -0.139. The average molecular weight is 286 g/mol. The summed E-state index contributed by atoms with van der Waals surface area (Å²) in [6.07, 6.45) is 1.59. The normalized spacial score (nSPS) is 11.3. The molecule has 0 fully saturated rings. The molecule has 0 aliphatic heterocycles. The Morgan fingerprint density at radius 2 is 1.68 bits per heavy atom. The van der Waals surface area contributed by atoms with Crippen molar-refractivity contribution in [3.63, 3.8) is 0 Å². The molecule has 0 atom stereocenters. The van der Waals surface area contributed by atoms with Crippen molar-refractivity contribution in [2.24, 2.45) is 0 Å². The largest absolute Gasteiger partial charge is 1.00 e. The van der Waals surface area contributed by atoms with Crippen molar-refractivity contribution in [3.8, 4) is 0 Å². The van der Waals surface area contributed by atoms with E-state index in [9.17, 15) is 13.0 Å². The summed E-state index contributed by atoms with van der Waals surface area (Å²) in [5.41, 5.74) is 2.10. The summed E-state index contributed by atoms with van der Waals surface area (Å²) in [5.74, 6) is 0. The fourth-order valence-electron chi connectivity index (χ4n) is 2.29. The molecule has 0 radical (unpaired) electrons. The van der Waals surface area contributed by atoms with Crippen molar-refractivity contribution in [3.05, 3.63) is 41.5 Å². The Kier molecular flexibility index (Phi) is 5.59. The molecule has 0 aromatic heterocycles. The van der Waals surface area contributed by atoms with Gasteiger partial charge in [0, 0.05) is 0 Å². The molecular formula is C14H15NaO3S. The molecule has 0 aliphatic rings. The van der Waals surface area contributed by atoms with Gasteiger partial charge in [-0.1, -0.05) is 32.0 Å². The van der Waals surface area contributed by atoms with Crippen LogP contribution in [0.1, 0.15) is 25.0 Å². The van der Waals surface area contributed by atoms with E-state index in [0.29, 0.717) is 6.42 Å². The fraction of sp³-hybridized carbons (Fsp3) is 0.286. The first kappa shape index (κ1) is 16.7. The fourth-order valence-corrected chi connectivity index (χ4v) is 2.85. The van der Waals surface area contributed by atoms with Crippen LogP contribution in [0.3, 0.4) is 0 Å². The van der Waals surface area contributed by atoms with Crippen molar-refractivity contribution in [1.29, 1.82) is 0 Å². The zero-order valence-corrected chi connectivity index (χ0v) is 14.3. The monoisotopic (exact) mass is 286 g/mol. The second-order valence-electron chi connectivity index (χ2n) is 4.26. The topological polar surface area (TPSA) is 57.2 Å². The third kappa shape index (κ3) is 3.38.